The van der Waals surface area contributed by atoms with Crippen LogP contribution in [-0.2, 0) is 14.3 Å². The predicted molar refractivity (Wildman–Crippen MR) is 46.8 cm³/mol. The third kappa shape index (κ3) is 0.874. The Morgan fingerprint density at radius 1 is 1.25 bits per heavy atom. The monoisotopic (exact) mass is 230 g/mol. The summed E-state index contributed by atoms with van der Waals surface area (Å²) in [6, 6.07) is 0. The normalized spacial score (nSPS) is 51.4. The van der Waals surface area contributed by atoms with Crippen molar-refractivity contribution in [3.8, 4) is 0 Å². The molecule has 2 rings (SSSR count). The number of hydrogen-bond acceptors (Lipinski definition) is 7. The summed E-state index contributed by atoms with van der Waals surface area (Å²) in [5.41, 5.74) is -8.02. The average Bonchev–Trinajstić information content (AvgIpc) is 2.37. The molecule has 7 nitrogen and oxygen atoms in total. The van der Waals surface area contributed by atoms with Crippen molar-refractivity contribution in [1.29, 1.82) is 0 Å². The molecule has 4 N–H and O–H groups in total. The van der Waals surface area contributed by atoms with Gasteiger partial charge in [0.05, 0.1) is 0 Å². The van der Waals surface area contributed by atoms with E-state index in [0.29, 0.717) is 0 Å². The topological polar surface area (TPSA) is 124 Å². The Hall–Kier alpha value is -1.28. The first-order valence-electron chi connectivity index (χ1n) is 4.49. The molecule has 16 heavy (non-hydrogen) atoms. The highest BCUT2D eigenvalue weighted by Crippen LogP contribution is 2.45. The Bertz CT molecular complexity index is 412. The largest absolute Gasteiger partial charge is 0.388 e. The van der Waals surface area contributed by atoms with E-state index >= 15 is 0 Å². The highest BCUT2D eigenvalue weighted by molar-refractivity contribution is 6.08. The van der Waals surface area contributed by atoms with Crippen LogP contribution in [0.2, 0.25) is 0 Å². The van der Waals surface area contributed by atoms with Gasteiger partial charge in [-0.05, 0) is 13.0 Å². The second-order valence-corrected chi connectivity index (χ2v) is 4.11. The zero-order valence-electron chi connectivity index (χ0n) is 8.25. The minimum Gasteiger partial charge on any atom is -0.388 e. The summed E-state index contributed by atoms with van der Waals surface area (Å²) in [5, 5.41) is 39.2. The van der Waals surface area contributed by atoms with Crippen LogP contribution in [0.25, 0.3) is 0 Å². The highest BCUT2D eigenvalue weighted by Gasteiger charge is 2.77. The number of rotatable bonds is 0. The van der Waals surface area contributed by atoms with Gasteiger partial charge in [-0.1, -0.05) is 6.08 Å². The Morgan fingerprint density at radius 2 is 1.81 bits per heavy atom. The molecule has 1 fully saturated rings. The lowest BCUT2D eigenvalue weighted by Crippen LogP contribution is -2.73. The zero-order chi connectivity index (χ0) is 12.4. The Balaban J connectivity index is 2.72. The number of aliphatic hydroxyl groups is 4. The molecule has 0 spiro atoms. The van der Waals surface area contributed by atoms with Crippen LogP contribution >= 0.6 is 0 Å². The van der Waals surface area contributed by atoms with Gasteiger partial charge in [-0.15, -0.1) is 0 Å². The first-order chi connectivity index (χ1) is 7.18. The lowest BCUT2D eigenvalue weighted by atomic mass is 9.66. The minimum atomic E-state index is -2.91. The van der Waals surface area contributed by atoms with E-state index in [1.54, 1.807) is 0 Å². The summed E-state index contributed by atoms with van der Waals surface area (Å²) < 4.78 is 4.10. The van der Waals surface area contributed by atoms with Crippen molar-refractivity contribution in [2.45, 2.75) is 29.8 Å². The number of aliphatic hydroxyl groups excluding tert-OH is 1. The molecular weight excluding hydrogens is 220 g/mol. The first kappa shape index (κ1) is 11.2. The van der Waals surface area contributed by atoms with Gasteiger partial charge in [0.15, 0.2) is 0 Å². The molecule has 88 valence electrons. The van der Waals surface area contributed by atoms with Gasteiger partial charge in [0.25, 0.3) is 0 Å². The lowest BCUT2D eigenvalue weighted by Gasteiger charge is -2.45. The fourth-order valence-corrected chi connectivity index (χ4v) is 1.95. The summed E-state index contributed by atoms with van der Waals surface area (Å²) in [6.07, 6.45) is 0.0354. The molecule has 0 aromatic carbocycles. The van der Waals surface area contributed by atoms with Crippen molar-refractivity contribution in [2.24, 2.45) is 0 Å². The van der Waals surface area contributed by atoms with E-state index in [1.807, 2.05) is 0 Å². The van der Waals surface area contributed by atoms with E-state index in [4.69, 9.17) is 0 Å². The van der Waals surface area contributed by atoms with Gasteiger partial charge < -0.3 is 25.2 Å². The van der Waals surface area contributed by atoms with E-state index in [-0.39, 0.29) is 0 Å². The maximum absolute atomic E-state index is 11.3. The molecule has 1 aliphatic heterocycles. The van der Waals surface area contributed by atoms with Gasteiger partial charge in [0.2, 0.25) is 11.2 Å². The predicted octanol–water partition coefficient (Wildman–Crippen LogP) is -2.79. The lowest BCUT2D eigenvalue weighted by molar-refractivity contribution is -0.231. The molecule has 1 aliphatic carbocycles. The van der Waals surface area contributed by atoms with Gasteiger partial charge in [-0.3, -0.25) is 0 Å². The Morgan fingerprint density at radius 3 is 2.38 bits per heavy atom. The van der Waals surface area contributed by atoms with Crippen LogP contribution in [0.3, 0.4) is 0 Å². The van der Waals surface area contributed by atoms with E-state index in [2.05, 4.69) is 4.74 Å². The van der Waals surface area contributed by atoms with Crippen LogP contribution in [0.15, 0.2) is 12.2 Å². The molecular formula is C9H10O7. The summed E-state index contributed by atoms with van der Waals surface area (Å²) in [7, 11) is 0. The molecule has 0 saturated carbocycles. The van der Waals surface area contributed by atoms with Crippen molar-refractivity contribution < 1.29 is 34.8 Å². The molecule has 4 atom stereocenters. The SMILES string of the molecule is CC1(O)C(O)C=CC2(O)C(=O)OC(=O)C21O. The Labute approximate surface area is 89.6 Å². The second kappa shape index (κ2) is 2.69. The fourth-order valence-electron chi connectivity index (χ4n) is 1.95. The highest BCUT2D eigenvalue weighted by atomic mass is 16.6. The number of hydrogen-bond donors (Lipinski definition) is 4. The number of ether oxygens (including phenoxy) is 1. The number of carbonyl (C=O) groups is 2. The van der Waals surface area contributed by atoms with Crippen molar-refractivity contribution in [3.05, 3.63) is 12.2 Å². The van der Waals surface area contributed by atoms with Crippen molar-refractivity contribution in [3.63, 3.8) is 0 Å². The number of esters is 2. The molecule has 4 unspecified atom stereocenters. The maximum atomic E-state index is 11.3. The van der Waals surface area contributed by atoms with Crippen molar-refractivity contribution in [1.82, 2.24) is 0 Å². The standard InChI is InChI=1S/C9H10O7/c1-7(13)4(10)2-3-8(14)5(11)16-6(12)9(7,8)15/h2-4,10,13-15H,1H3. The van der Waals surface area contributed by atoms with Gasteiger partial charge in [0, 0.05) is 0 Å². The third-order valence-electron chi connectivity index (χ3n) is 3.17. The number of carbonyl (C=O) groups excluding carboxylic acids is 2. The molecule has 0 bridgehead atoms. The molecule has 0 amide bonds. The quantitative estimate of drug-likeness (QED) is 0.201. The summed E-state index contributed by atoms with van der Waals surface area (Å²) in [6.45, 7) is 0.923. The number of cyclic esters (lactones) is 2. The second-order valence-electron chi connectivity index (χ2n) is 4.11. The molecule has 1 saturated heterocycles. The molecule has 7 heteroatoms. The van der Waals surface area contributed by atoms with Crippen LogP contribution < -0.4 is 0 Å². The molecule has 2 aliphatic rings. The maximum Gasteiger partial charge on any atom is 0.353 e. The molecule has 1 heterocycles. The van der Waals surface area contributed by atoms with Crippen LogP contribution in [0, 0.1) is 0 Å². The van der Waals surface area contributed by atoms with Crippen LogP contribution in [0.5, 0.6) is 0 Å². The van der Waals surface area contributed by atoms with Gasteiger partial charge >= 0.3 is 11.9 Å². The Kier molecular flexibility index (Phi) is 1.89. The summed E-state index contributed by atoms with van der Waals surface area (Å²) >= 11 is 0. The van der Waals surface area contributed by atoms with Crippen LogP contribution in [0.1, 0.15) is 6.92 Å². The van der Waals surface area contributed by atoms with Crippen LogP contribution in [-0.4, -0.2) is 55.3 Å². The third-order valence-corrected chi connectivity index (χ3v) is 3.17. The van der Waals surface area contributed by atoms with Crippen LogP contribution in [0.4, 0.5) is 0 Å². The zero-order valence-corrected chi connectivity index (χ0v) is 8.25. The summed E-state index contributed by atoms with van der Waals surface area (Å²) in [4.78, 5) is 22.6. The van der Waals surface area contributed by atoms with Gasteiger partial charge in [-0.2, -0.15) is 0 Å². The summed E-state index contributed by atoms with van der Waals surface area (Å²) in [5.74, 6) is -2.88. The van der Waals surface area contributed by atoms with E-state index in [1.165, 1.54) is 0 Å². The molecule has 0 radical (unpaired) electrons. The first-order valence-corrected chi connectivity index (χ1v) is 4.49. The molecule has 0 aromatic rings. The van der Waals surface area contributed by atoms with Crippen molar-refractivity contribution in [2.75, 3.05) is 0 Å². The fraction of sp³-hybridized carbons (Fsp3) is 0.556. The van der Waals surface area contributed by atoms with E-state index < -0.39 is 34.8 Å². The van der Waals surface area contributed by atoms with E-state index in [0.717, 1.165) is 19.1 Å². The number of fused-ring (bicyclic) bond motifs is 1. The smallest absolute Gasteiger partial charge is 0.353 e. The van der Waals surface area contributed by atoms with Crippen molar-refractivity contribution >= 4 is 11.9 Å². The van der Waals surface area contributed by atoms with Gasteiger partial charge in [-0.25, -0.2) is 9.59 Å². The van der Waals surface area contributed by atoms with Gasteiger partial charge in [0.1, 0.15) is 11.7 Å². The minimum absolute atomic E-state index is 0.739. The van der Waals surface area contributed by atoms with E-state index in [9.17, 15) is 30.0 Å². The average molecular weight is 230 g/mol. The molecule has 0 aromatic heterocycles.